The third-order valence-corrected chi connectivity index (χ3v) is 11.7. The number of benzene rings is 2. The molecule has 0 aromatic heterocycles. The van der Waals surface area contributed by atoms with E-state index in [2.05, 4.69) is 21.3 Å². The first-order chi connectivity index (χ1) is 22.8. The van der Waals surface area contributed by atoms with Crippen molar-refractivity contribution in [1.82, 2.24) is 21.3 Å². The van der Waals surface area contributed by atoms with Crippen LogP contribution in [0.15, 0.2) is 47.4 Å². The minimum atomic E-state index is -3.75. The molecule has 4 amide bonds. The Morgan fingerprint density at radius 2 is 1.38 bits per heavy atom. The molecule has 0 aliphatic carbocycles. The number of amides is 4. The minimum Gasteiger partial charge on any atom is -0.356 e. The number of hydrogen-bond acceptors (Lipinski definition) is 7. The summed E-state index contributed by atoms with van der Waals surface area (Å²) < 4.78 is 30.2. The van der Waals surface area contributed by atoms with E-state index in [1.807, 2.05) is 36.0 Å². The third-order valence-electron chi connectivity index (χ3n) is 8.87. The Hall–Kier alpha value is -2.83. The second kappa shape index (κ2) is 19.9. The highest BCUT2D eigenvalue weighted by atomic mass is 32.2. The van der Waals surface area contributed by atoms with Gasteiger partial charge in [-0.1, -0.05) is 68.9 Å². The van der Waals surface area contributed by atoms with Crippen LogP contribution < -0.4 is 21.3 Å². The number of nitrogens with one attached hydrogen (secondary N) is 4. The van der Waals surface area contributed by atoms with E-state index in [9.17, 15) is 22.8 Å². The molecular formula is C35H52N4O6S2. The van der Waals surface area contributed by atoms with E-state index in [-0.39, 0.29) is 41.4 Å². The standard InChI is InChI=1S/C35H52N4O6S2/c40-32(36-22-12-6-13-23-37-33(41)19-11-10-17-31-34-30(26-46-31)38-35(42)39-34)18-7-4-2-1-3-5-14-24-45-47(43,44)29-21-20-27-15-8-9-16-28(27)25-29/h8-9,15-16,20-21,25,30-31,34H,1-7,10-14,17-19,22-24,26H2,(H,36,40)(H,37,41)(H2,38,39,42)/t30-,31-,34-/m0/s1. The van der Waals surface area contributed by atoms with Crippen LogP contribution in [0.25, 0.3) is 10.8 Å². The van der Waals surface area contributed by atoms with Crippen LogP contribution in [0.2, 0.25) is 0 Å². The van der Waals surface area contributed by atoms with Gasteiger partial charge >= 0.3 is 6.03 Å². The Balaban J connectivity index is 0.880. The fourth-order valence-electron chi connectivity index (χ4n) is 6.16. The predicted molar refractivity (Wildman–Crippen MR) is 188 cm³/mol. The second-order valence-corrected chi connectivity index (χ2v) is 15.5. The van der Waals surface area contributed by atoms with E-state index in [1.165, 1.54) is 0 Å². The highest BCUT2D eigenvalue weighted by molar-refractivity contribution is 8.00. The van der Waals surface area contributed by atoms with Gasteiger partial charge in [0.1, 0.15) is 0 Å². The Morgan fingerprint density at radius 3 is 2.11 bits per heavy atom. The van der Waals surface area contributed by atoms with Crippen LogP contribution in [-0.4, -0.2) is 69.0 Å². The number of urea groups is 1. The molecule has 12 heteroatoms. The Kier molecular flexibility index (Phi) is 15.6. The maximum Gasteiger partial charge on any atom is 0.315 e. The van der Waals surface area contributed by atoms with Gasteiger partial charge in [0.15, 0.2) is 0 Å². The van der Waals surface area contributed by atoms with Crippen LogP contribution in [0.3, 0.4) is 0 Å². The van der Waals surface area contributed by atoms with Crippen molar-refractivity contribution in [2.45, 2.75) is 119 Å². The lowest BCUT2D eigenvalue weighted by molar-refractivity contribution is -0.121. The van der Waals surface area contributed by atoms with Gasteiger partial charge in [0.2, 0.25) is 11.8 Å². The normalized spacial score (nSPS) is 18.9. The maximum atomic E-state index is 12.5. The molecule has 47 heavy (non-hydrogen) atoms. The second-order valence-electron chi connectivity index (χ2n) is 12.6. The summed E-state index contributed by atoms with van der Waals surface area (Å²) in [5, 5.41) is 14.3. The summed E-state index contributed by atoms with van der Waals surface area (Å²) in [5.74, 6) is 1.16. The number of thioether (sulfide) groups is 1. The summed E-state index contributed by atoms with van der Waals surface area (Å²) in [4.78, 5) is 35.9. The molecule has 4 N–H and O–H groups in total. The largest absolute Gasteiger partial charge is 0.356 e. The van der Waals surface area contributed by atoms with E-state index in [0.717, 1.165) is 93.6 Å². The number of rotatable bonds is 23. The van der Waals surface area contributed by atoms with Gasteiger partial charge in [0.25, 0.3) is 10.1 Å². The molecule has 2 aromatic carbocycles. The van der Waals surface area contributed by atoms with Gasteiger partial charge in [0, 0.05) is 36.9 Å². The summed E-state index contributed by atoms with van der Waals surface area (Å²) in [7, 11) is -3.75. The molecule has 0 unspecified atom stereocenters. The molecule has 2 saturated heterocycles. The summed E-state index contributed by atoms with van der Waals surface area (Å²) in [6.45, 7) is 1.53. The van der Waals surface area contributed by atoms with E-state index in [1.54, 1.807) is 18.2 Å². The SMILES string of the molecule is O=C(CCCCCCCCCOS(=O)(=O)c1ccc2ccccc2c1)NCCCCCNC(=O)CCCC[C@@H]1SC[C@@H]2NC(=O)N[C@@H]21. The van der Waals surface area contributed by atoms with Crippen molar-refractivity contribution in [3.05, 3.63) is 42.5 Å². The molecule has 3 atom stereocenters. The van der Waals surface area contributed by atoms with E-state index >= 15 is 0 Å². The van der Waals surface area contributed by atoms with Gasteiger partial charge < -0.3 is 21.3 Å². The van der Waals surface area contributed by atoms with Crippen molar-refractivity contribution in [1.29, 1.82) is 0 Å². The topological polar surface area (TPSA) is 143 Å². The van der Waals surface area contributed by atoms with E-state index in [4.69, 9.17) is 4.18 Å². The molecule has 2 aliphatic rings. The highest BCUT2D eigenvalue weighted by Crippen LogP contribution is 2.33. The van der Waals surface area contributed by atoms with Crippen LogP contribution >= 0.6 is 11.8 Å². The Labute approximate surface area is 284 Å². The van der Waals surface area contributed by atoms with Crippen LogP contribution in [-0.2, 0) is 23.9 Å². The summed E-state index contributed by atoms with van der Waals surface area (Å²) in [5.41, 5.74) is 0. The van der Waals surface area contributed by atoms with Crippen molar-refractivity contribution in [3.63, 3.8) is 0 Å². The van der Waals surface area contributed by atoms with Gasteiger partial charge in [-0.25, -0.2) is 4.79 Å². The third kappa shape index (κ3) is 12.9. The summed E-state index contributed by atoms with van der Waals surface area (Å²) in [6, 6.07) is 13.1. The number of unbranched alkanes of at least 4 members (excludes halogenated alkanes) is 9. The molecule has 2 fully saturated rings. The van der Waals surface area contributed by atoms with E-state index < -0.39 is 10.1 Å². The fraction of sp³-hybridized carbons (Fsp3) is 0.629. The number of carbonyl (C=O) groups is 3. The minimum absolute atomic E-state index is 0.0570. The molecule has 2 heterocycles. The molecule has 260 valence electrons. The first kappa shape index (κ1) is 37.0. The van der Waals surface area contributed by atoms with Crippen LogP contribution in [0, 0.1) is 0 Å². The zero-order chi connectivity index (χ0) is 33.3. The molecule has 0 saturated carbocycles. The van der Waals surface area contributed by atoms with Gasteiger partial charge in [-0.15, -0.1) is 0 Å². The van der Waals surface area contributed by atoms with Crippen molar-refractivity contribution in [2.24, 2.45) is 0 Å². The lowest BCUT2D eigenvalue weighted by Gasteiger charge is -2.16. The molecular weight excluding hydrogens is 637 g/mol. The van der Waals surface area contributed by atoms with Crippen molar-refractivity contribution >= 4 is 50.5 Å². The van der Waals surface area contributed by atoms with Gasteiger partial charge in [0.05, 0.1) is 23.6 Å². The highest BCUT2D eigenvalue weighted by Gasteiger charge is 2.42. The average molecular weight is 689 g/mol. The number of fused-ring (bicyclic) bond motifs is 2. The molecule has 0 spiro atoms. The molecule has 2 aromatic rings. The smallest absolute Gasteiger partial charge is 0.315 e. The predicted octanol–water partition coefficient (Wildman–Crippen LogP) is 5.79. The van der Waals surface area contributed by atoms with E-state index in [0.29, 0.717) is 37.6 Å². The number of carbonyl (C=O) groups excluding carboxylic acids is 3. The van der Waals surface area contributed by atoms with Gasteiger partial charge in [-0.05, 0) is 67.9 Å². The lowest BCUT2D eigenvalue weighted by atomic mass is 10.0. The zero-order valence-corrected chi connectivity index (χ0v) is 29.1. The maximum absolute atomic E-state index is 12.5. The fourth-order valence-corrected chi connectivity index (χ4v) is 8.69. The molecule has 0 radical (unpaired) electrons. The van der Waals surface area contributed by atoms with Crippen molar-refractivity contribution < 1.29 is 27.0 Å². The van der Waals surface area contributed by atoms with Crippen LogP contribution in [0.1, 0.15) is 96.3 Å². The Bertz CT molecular complexity index is 1410. The van der Waals surface area contributed by atoms with Crippen molar-refractivity contribution in [3.8, 4) is 0 Å². The lowest BCUT2D eigenvalue weighted by Crippen LogP contribution is -2.36. The quantitative estimate of drug-likeness (QED) is 0.0657. The number of hydrogen-bond donors (Lipinski definition) is 4. The van der Waals surface area contributed by atoms with Gasteiger partial charge in [-0.3, -0.25) is 13.8 Å². The van der Waals surface area contributed by atoms with Crippen molar-refractivity contribution in [2.75, 3.05) is 25.4 Å². The monoisotopic (exact) mass is 688 g/mol. The molecule has 0 bridgehead atoms. The summed E-state index contributed by atoms with van der Waals surface area (Å²) in [6.07, 6.45) is 13.4. The van der Waals surface area contributed by atoms with Crippen LogP contribution in [0.5, 0.6) is 0 Å². The molecule has 10 nitrogen and oxygen atoms in total. The average Bonchev–Trinajstić information content (AvgIpc) is 3.62. The molecule has 2 aliphatic heterocycles. The first-order valence-electron chi connectivity index (χ1n) is 17.4. The Morgan fingerprint density at radius 1 is 0.766 bits per heavy atom. The first-order valence-corrected chi connectivity index (χ1v) is 19.9. The summed E-state index contributed by atoms with van der Waals surface area (Å²) >= 11 is 1.91. The van der Waals surface area contributed by atoms with Gasteiger partial charge in [-0.2, -0.15) is 20.2 Å². The van der Waals surface area contributed by atoms with Crippen LogP contribution in [0.4, 0.5) is 4.79 Å². The zero-order valence-electron chi connectivity index (χ0n) is 27.5. The molecule has 4 rings (SSSR count).